The summed E-state index contributed by atoms with van der Waals surface area (Å²) in [6.07, 6.45) is 2.32. The van der Waals surface area contributed by atoms with E-state index in [0.29, 0.717) is 6.04 Å². The summed E-state index contributed by atoms with van der Waals surface area (Å²) >= 11 is 1.57. The third-order valence-corrected chi connectivity index (χ3v) is 3.31. The highest BCUT2D eigenvalue weighted by molar-refractivity contribution is 7.12. The fraction of sp³-hybridized carbons (Fsp3) is 0.545. The predicted molar refractivity (Wildman–Crippen MR) is 60.2 cm³/mol. The third-order valence-electron chi connectivity index (χ3n) is 2.32. The molecule has 0 atom stereocenters. The molecule has 0 aliphatic carbocycles. The van der Waals surface area contributed by atoms with Crippen LogP contribution in [0.2, 0.25) is 0 Å². The molecule has 0 unspecified atom stereocenters. The van der Waals surface area contributed by atoms with Crippen molar-refractivity contribution in [2.45, 2.75) is 39.3 Å². The van der Waals surface area contributed by atoms with Gasteiger partial charge in [-0.2, -0.15) is 5.26 Å². The van der Waals surface area contributed by atoms with Gasteiger partial charge >= 0.3 is 0 Å². The van der Waals surface area contributed by atoms with E-state index in [0.717, 1.165) is 24.3 Å². The van der Waals surface area contributed by atoms with Crippen LogP contribution in [0.25, 0.3) is 0 Å². The molecule has 0 aliphatic rings. The van der Waals surface area contributed by atoms with Crippen LogP contribution in [0.1, 0.15) is 36.4 Å². The van der Waals surface area contributed by atoms with Crippen molar-refractivity contribution in [2.24, 2.45) is 0 Å². The number of nitrogens with one attached hydrogen (secondary N) is 1. The second-order valence-corrected chi connectivity index (χ2v) is 4.44. The predicted octanol–water partition coefficient (Wildman–Crippen LogP) is 2.90. The van der Waals surface area contributed by atoms with E-state index in [-0.39, 0.29) is 0 Å². The molecular weight excluding hydrogens is 192 g/mol. The van der Waals surface area contributed by atoms with Crippen LogP contribution in [-0.4, -0.2) is 6.04 Å². The van der Waals surface area contributed by atoms with Gasteiger partial charge in [-0.25, -0.2) is 0 Å². The van der Waals surface area contributed by atoms with Crippen LogP contribution in [0.3, 0.4) is 0 Å². The second kappa shape index (κ2) is 5.79. The number of nitrogens with zero attached hydrogens (tertiary/aromatic N) is 1. The Hall–Kier alpha value is -0.850. The standard InChI is InChI=1S/C11H16N2S/c1-3-9(4-2)13-8-11-6-5-10(7-12)14-11/h5-6,9,13H,3-4,8H2,1-2H3. The lowest BCUT2D eigenvalue weighted by molar-refractivity contribution is 0.486. The summed E-state index contributed by atoms with van der Waals surface area (Å²) in [5.41, 5.74) is 0. The van der Waals surface area contributed by atoms with Gasteiger partial charge in [0.25, 0.3) is 0 Å². The van der Waals surface area contributed by atoms with Crippen molar-refractivity contribution in [1.82, 2.24) is 5.32 Å². The summed E-state index contributed by atoms with van der Waals surface area (Å²) in [7, 11) is 0. The molecule has 0 fully saturated rings. The molecule has 0 amide bonds. The van der Waals surface area contributed by atoms with Crippen molar-refractivity contribution in [1.29, 1.82) is 5.26 Å². The van der Waals surface area contributed by atoms with E-state index in [9.17, 15) is 0 Å². The van der Waals surface area contributed by atoms with Crippen molar-refractivity contribution in [3.8, 4) is 6.07 Å². The first-order valence-electron chi connectivity index (χ1n) is 5.02. The third kappa shape index (κ3) is 3.13. The monoisotopic (exact) mass is 208 g/mol. The lowest BCUT2D eigenvalue weighted by Crippen LogP contribution is -2.26. The van der Waals surface area contributed by atoms with Crippen LogP contribution in [-0.2, 0) is 6.54 Å². The molecule has 1 aromatic heterocycles. The Morgan fingerprint density at radius 1 is 1.43 bits per heavy atom. The maximum atomic E-state index is 8.66. The molecule has 0 bridgehead atoms. The Morgan fingerprint density at radius 3 is 2.64 bits per heavy atom. The molecule has 0 aliphatic heterocycles. The highest BCUT2D eigenvalue weighted by atomic mass is 32.1. The molecule has 3 heteroatoms. The Kier molecular flexibility index (Phi) is 4.64. The minimum absolute atomic E-state index is 0.600. The highest BCUT2D eigenvalue weighted by Gasteiger charge is 2.03. The number of hydrogen-bond acceptors (Lipinski definition) is 3. The molecular formula is C11H16N2S. The fourth-order valence-electron chi connectivity index (χ4n) is 1.36. The minimum Gasteiger partial charge on any atom is -0.309 e. The molecule has 0 saturated carbocycles. The summed E-state index contributed by atoms with van der Waals surface area (Å²) < 4.78 is 0. The van der Waals surface area contributed by atoms with E-state index in [2.05, 4.69) is 25.2 Å². The Bertz CT molecular complexity index is 307. The number of nitriles is 1. The smallest absolute Gasteiger partial charge is 0.110 e. The molecule has 1 heterocycles. The van der Waals surface area contributed by atoms with Crippen LogP contribution in [0.15, 0.2) is 12.1 Å². The molecule has 0 radical (unpaired) electrons. The molecule has 1 N–H and O–H groups in total. The highest BCUT2D eigenvalue weighted by Crippen LogP contribution is 2.15. The molecule has 0 saturated heterocycles. The first-order chi connectivity index (χ1) is 6.80. The lowest BCUT2D eigenvalue weighted by atomic mass is 10.2. The largest absolute Gasteiger partial charge is 0.309 e. The van der Waals surface area contributed by atoms with E-state index in [4.69, 9.17) is 5.26 Å². The zero-order chi connectivity index (χ0) is 10.4. The average molecular weight is 208 g/mol. The summed E-state index contributed by atoms with van der Waals surface area (Å²) in [5, 5.41) is 12.1. The summed E-state index contributed by atoms with van der Waals surface area (Å²) in [6, 6.07) is 6.66. The van der Waals surface area contributed by atoms with Gasteiger partial charge in [-0.1, -0.05) is 13.8 Å². The van der Waals surface area contributed by atoms with E-state index in [1.165, 1.54) is 4.88 Å². The summed E-state index contributed by atoms with van der Waals surface area (Å²) in [5.74, 6) is 0. The van der Waals surface area contributed by atoms with Crippen molar-refractivity contribution in [2.75, 3.05) is 0 Å². The summed E-state index contributed by atoms with van der Waals surface area (Å²) in [6.45, 7) is 5.27. The van der Waals surface area contributed by atoms with Gasteiger partial charge in [0.05, 0.1) is 0 Å². The topological polar surface area (TPSA) is 35.8 Å². The maximum absolute atomic E-state index is 8.66. The quantitative estimate of drug-likeness (QED) is 0.807. The van der Waals surface area contributed by atoms with Gasteiger partial charge in [0.2, 0.25) is 0 Å². The fourth-order valence-corrected chi connectivity index (χ4v) is 2.11. The molecule has 2 nitrogen and oxygen atoms in total. The van der Waals surface area contributed by atoms with Crippen LogP contribution in [0.4, 0.5) is 0 Å². The van der Waals surface area contributed by atoms with Gasteiger partial charge in [-0.15, -0.1) is 11.3 Å². The summed E-state index contributed by atoms with van der Waals surface area (Å²) in [4.78, 5) is 2.04. The molecule has 0 aromatic carbocycles. The van der Waals surface area contributed by atoms with Crippen LogP contribution < -0.4 is 5.32 Å². The van der Waals surface area contributed by atoms with Crippen LogP contribution >= 0.6 is 11.3 Å². The zero-order valence-electron chi connectivity index (χ0n) is 8.71. The molecule has 76 valence electrons. The van der Waals surface area contributed by atoms with Gasteiger partial charge in [0.1, 0.15) is 10.9 Å². The van der Waals surface area contributed by atoms with Gasteiger partial charge in [0, 0.05) is 17.5 Å². The Balaban J connectivity index is 2.41. The van der Waals surface area contributed by atoms with Gasteiger partial charge in [-0.3, -0.25) is 0 Å². The molecule has 1 rings (SSSR count). The van der Waals surface area contributed by atoms with E-state index in [1.807, 2.05) is 12.1 Å². The second-order valence-electron chi connectivity index (χ2n) is 3.27. The molecule has 0 spiro atoms. The van der Waals surface area contributed by atoms with Gasteiger partial charge in [-0.05, 0) is 25.0 Å². The number of thiophene rings is 1. The average Bonchev–Trinajstić information content (AvgIpc) is 2.67. The van der Waals surface area contributed by atoms with Crippen molar-refractivity contribution >= 4 is 11.3 Å². The van der Waals surface area contributed by atoms with Crippen molar-refractivity contribution in [3.63, 3.8) is 0 Å². The van der Waals surface area contributed by atoms with Gasteiger partial charge < -0.3 is 5.32 Å². The normalized spacial score (nSPS) is 10.4. The lowest BCUT2D eigenvalue weighted by Gasteiger charge is -2.13. The van der Waals surface area contributed by atoms with Gasteiger partial charge in [0.15, 0.2) is 0 Å². The molecule has 1 aromatic rings. The minimum atomic E-state index is 0.600. The number of rotatable bonds is 5. The van der Waals surface area contributed by atoms with Crippen LogP contribution in [0.5, 0.6) is 0 Å². The van der Waals surface area contributed by atoms with Crippen molar-refractivity contribution in [3.05, 3.63) is 21.9 Å². The first-order valence-corrected chi connectivity index (χ1v) is 5.84. The van der Waals surface area contributed by atoms with E-state index < -0.39 is 0 Å². The molecule has 14 heavy (non-hydrogen) atoms. The van der Waals surface area contributed by atoms with E-state index in [1.54, 1.807) is 11.3 Å². The Labute approximate surface area is 89.6 Å². The SMILES string of the molecule is CCC(CC)NCc1ccc(C#N)s1. The van der Waals surface area contributed by atoms with E-state index >= 15 is 0 Å². The Morgan fingerprint density at radius 2 is 2.14 bits per heavy atom. The zero-order valence-corrected chi connectivity index (χ0v) is 9.53. The first kappa shape index (κ1) is 11.2. The number of hydrogen-bond donors (Lipinski definition) is 1. The van der Waals surface area contributed by atoms with Crippen molar-refractivity contribution < 1.29 is 0 Å². The maximum Gasteiger partial charge on any atom is 0.110 e. The van der Waals surface area contributed by atoms with Crippen LogP contribution in [0, 0.1) is 11.3 Å².